The molecule has 7 heteroatoms. The number of guanidine groups is 1. The van der Waals surface area contributed by atoms with Crippen LogP contribution in [-0.2, 0) is 19.6 Å². The zero-order valence-electron chi connectivity index (χ0n) is 20.8. The number of carbonyl (C=O) groups excluding carboxylic acids is 1. The zero-order chi connectivity index (χ0) is 23.5. The van der Waals surface area contributed by atoms with Gasteiger partial charge in [-0.15, -0.1) is 24.0 Å². The Bertz CT molecular complexity index is 905. The number of likely N-dealkylation sites (tertiary alicyclic amines) is 1. The topological polar surface area (TPSA) is 60.0 Å². The molecule has 0 saturated carbocycles. The maximum Gasteiger partial charge on any atom is 0.253 e. The van der Waals surface area contributed by atoms with Crippen molar-refractivity contribution in [2.45, 2.75) is 52.2 Å². The second-order valence-electron chi connectivity index (χ2n) is 8.90. The van der Waals surface area contributed by atoms with E-state index in [1.54, 1.807) is 19.0 Å². The van der Waals surface area contributed by atoms with Crippen LogP contribution in [0.2, 0.25) is 0 Å². The second-order valence-corrected chi connectivity index (χ2v) is 8.90. The molecule has 0 spiro atoms. The molecule has 0 atom stereocenters. The number of rotatable bonds is 8. The summed E-state index contributed by atoms with van der Waals surface area (Å²) in [5.74, 6) is 0.814. The molecule has 1 aliphatic heterocycles. The van der Waals surface area contributed by atoms with Crippen LogP contribution in [0, 0.1) is 0 Å². The average Bonchev–Trinajstić information content (AvgIpc) is 3.10. The first-order chi connectivity index (χ1) is 16.1. The first-order valence-corrected chi connectivity index (χ1v) is 12.2. The summed E-state index contributed by atoms with van der Waals surface area (Å²) in [4.78, 5) is 21.0. The highest BCUT2D eigenvalue weighted by Crippen LogP contribution is 2.16. The number of nitrogens with one attached hydrogen (secondary N) is 2. The minimum absolute atomic E-state index is 0. The van der Waals surface area contributed by atoms with Gasteiger partial charge in [0.25, 0.3) is 5.91 Å². The van der Waals surface area contributed by atoms with Crippen LogP contribution in [0.25, 0.3) is 0 Å². The summed E-state index contributed by atoms with van der Waals surface area (Å²) in [5, 5.41) is 6.85. The van der Waals surface area contributed by atoms with Gasteiger partial charge in [-0.1, -0.05) is 49.2 Å². The molecule has 1 saturated heterocycles. The largest absolute Gasteiger partial charge is 0.357 e. The van der Waals surface area contributed by atoms with Crippen molar-refractivity contribution in [2.24, 2.45) is 4.99 Å². The quantitative estimate of drug-likeness (QED) is 0.273. The Kier molecular flexibility index (Phi) is 12.4. The van der Waals surface area contributed by atoms with E-state index in [9.17, 15) is 4.79 Å². The highest BCUT2D eigenvalue weighted by molar-refractivity contribution is 14.0. The average molecular weight is 578 g/mol. The van der Waals surface area contributed by atoms with Crippen LogP contribution < -0.4 is 10.6 Å². The van der Waals surface area contributed by atoms with E-state index in [4.69, 9.17) is 4.99 Å². The standard InChI is InChI=1S/C27H39N5O.HI/c1-4-28-27(29-19-22-13-15-23(16-14-22)26(33)31(2)3)30-20-24-11-7-8-12-25(24)21-32-17-9-5-6-10-18-32;/h7-8,11-16H,4-6,9-10,17-21H2,1-3H3,(H2,28,29,30);1H. The highest BCUT2D eigenvalue weighted by Gasteiger charge is 2.12. The van der Waals surface area contributed by atoms with Crippen LogP contribution in [0.15, 0.2) is 53.5 Å². The molecule has 0 aliphatic carbocycles. The molecular weight excluding hydrogens is 537 g/mol. The Labute approximate surface area is 222 Å². The third kappa shape index (κ3) is 8.91. The number of hydrogen-bond acceptors (Lipinski definition) is 3. The maximum absolute atomic E-state index is 12.1. The van der Waals surface area contributed by atoms with Crippen molar-refractivity contribution in [3.63, 3.8) is 0 Å². The van der Waals surface area contributed by atoms with Crippen LogP contribution in [0.5, 0.6) is 0 Å². The van der Waals surface area contributed by atoms with Gasteiger partial charge in [0.15, 0.2) is 5.96 Å². The normalized spacial score (nSPS) is 14.6. The van der Waals surface area contributed by atoms with Crippen molar-refractivity contribution < 1.29 is 4.79 Å². The molecule has 1 heterocycles. The predicted octanol–water partition coefficient (Wildman–Crippen LogP) is 4.64. The summed E-state index contributed by atoms with van der Waals surface area (Å²) < 4.78 is 0. The number of benzene rings is 2. The SMILES string of the molecule is CCNC(=NCc1ccc(C(=O)N(C)C)cc1)NCc1ccccc1CN1CCCCCC1.I. The fourth-order valence-electron chi connectivity index (χ4n) is 4.12. The summed E-state index contributed by atoms with van der Waals surface area (Å²) >= 11 is 0. The van der Waals surface area contributed by atoms with E-state index in [1.807, 2.05) is 24.3 Å². The molecule has 1 amide bonds. The summed E-state index contributed by atoms with van der Waals surface area (Å²) in [7, 11) is 3.53. The van der Waals surface area contributed by atoms with Crippen LogP contribution in [0.3, 0.4) is 0 Å². The van der Waals surface area contributed by atoms with Crippen molar-refractivity contribution in [3.8, 4) is 0 Å². The fraction of sp³-hybridized carbons (Fsp3) is 0.481. The van der Waals surface area contributed by atoms with Gasteiger partial charge in [-0.3, -0.25) is 9.69 Å². The minimum Gasteiger partial charge on any atom is -0.357 e. The molecule has 1 fully saturated rings. The molecule has 2 aromatic rings. The van der Waals surface area contributed by atoms with Crippen LogP contribution >= 0.6 is 24.0 Å². The lowest BCUT2D eigenvalue weighted by Gasteiger charge is -2.22. The van der Waals surface area contributed by atoms with E-state index >= 15 is 0 Å². The Morgan fingerprint density at radius 3 is 2.21 bits per heavy atom. The molecule has 0 radical (unpaired) electrons. The third-order valence-corrected chi connectivity index (χ3v) is 6.03. The minimum atomic E-state index is 0. The van der Waals surface area contributed by atoms with Crippen molar-refractivity contribution in [3.05, 3.63) is 70.8 Å². The number of nitrogens with zero attached hydrogens (tertiary/aromatic N) is 3. The Hall–Kier alpha value is -2.13. The van der Waals surface area contributed by atoms with Crippen molar-refractivity contribution >= 4 is 35.8 Å². The third-order valence-electron chi connectivity index (χ3n) is 6.03. The van der Waals surface area contributed by atoms with Crippen LogP contribution in [0.1, 0.15) is 59.7 Å². The predicted molar refractivity (Wildman–Crippen MR) is 152 cm³/mol. The van der Waals surface area contributed by atoms with Crippen molar-refractivity contribution in [2.75, 3.05) is 33.7 Å². The van der Waals surface area contributed by atoms with Crippen molar-refractivity contribution in [1.29, 1.82) is 0 Å². The van der Waals surface area contributed by atoms with Crippen molar-refractivity contribution in [1.82, 2.24) is 20.4 Å². The van der Waals surface area contributed by atoms with Gasteiger partial charge in [-0.05, 0) is 61.7 Å². The highest BCUT2D eigenvalue weighted by atomic mass is 127. The Balaban J connectivity index is 0.00000408. The Morgan fingerprint density at radius 1 is 0.941 bits per heavy atom. The van der Waals surface area contributed by atoms with Gasteiger partial charge in [-0.2, -0.15) is 0 Å². The second kappa shape index (κ2) is 15.0. The van der Waals surface area contributed by atoms with E-state index in [0.29, 0.717) is 12.1 Å². The summed E-state index contributed by atoms with van der Waals surface area (Å²) in [6, 6.07) is 16.4. The smallest absolute Gasteiger partial charge is 0.253 e. The molecule has 34 heavy (non-hydrogen) atoms. The fourth-order valence-corrected chi connectivity index (χ4v) is 4.12. The molecule has 1 aliphatic rings. The van der Waals surface area contributed by atoms with Gasteiger partial charge in [0.05, 0.1) is 6.54 Å². The van der Waals surface area contributed by atoms with Crippen LogP contribution in [0.4, 0.5) is 0 Å². The summed E-state index contributed by atoms with van der Waals surface area (Å²) in [6.07, 6.45) is 5.33. The molecule has 0 aromatic heterocycles. The molecule has 2 N–H and O–H groups in total. The van der Waals surface area contributed by atoms with E-state index in [1.165, 1.54) is 49.9 Å². The van der Waals surface area contributed by atoms with E-state index < -0.39 is 0 Å². The first kappa shape index (κ1) is 28.1. The van der Waals surface area contributed by atoms with Gasteiger partial charge in [0.2, 0.25) is 0 Å². The van der Waals surface area contributed by atoms with E-state index in [0.717, 1.165) is 31.2 Å². The molecule has 0 bridgehead atoms. The van der Waals surface area contributed by atoms with E-state index in [2.05, 4.69) is 46.7 Å². The number of hydrogen-bond donors (Lipinski definition) is 2. The molecule has 186 valence electrons. The summed E-state index contributed by atoms with van der Waals surface area (Å²) in [5.41, 5.74) is 4.48. The molecule has 2 aromatic carbocycles. The molecular formula is C27H40IN5O. The summed E-state index contributed by atoms with van der Waals surface area (Å²) in [6.45, 7) is 7.59. The van der Waals surface area contributed by atoms with E-state index in [-0.39, 0.29) is 29.9 Å². The Morgan fingerprint density at radius 2 is 1.59 bits per heavy atom. The lowest BCUT2D eigenvalue weighted by molar-refractivity contribution is 0.0827. The molecule has 0 unspecified atom stereocenters. The van der Waals surface area contributed by atoms with Crippen LogP contribution in [-0.4, -0.2) is 55.4 Å². The molecule has 3 rings (SSSR count). The number of amides is 1. The zero-order valence-corrected chi connectivity index (χ0v) is 23.2. The number of halogens is 1. The lowest BCUT2D eigenvalue weighted by atomic mass is 10.1. The van der Waals surface area contributed by atoms with Gasteiger partial charge < -0.3 is 15.5 Å². The number of carbonyl (C=O) groups is 1. The van der Waals surface area contributed by atoms with Gasteiger partial charge in [-0.25, -0.2) is 4.99 Å². The lowest BCUT2D eigenvalue weighted by Crippen LogP contribution is -2.37. The first-order valence-electron chi connectivity index (χ1n) is 12.2. The van der Waals surface area contributed by atoms with Gasteiger partial charge in [0.1, 0.15) is 0 Å². The number of aliphatic imine (C=N–C) groups is 1. The van der Waals surface area contributed by atoms with Gasteiger partial charge in [0, 0.05) is 39.3 Å². The maximum atomic E-state index is 12.1. The van der Waals surface area contributed by atoms with Gasteiger partial charge >= 0.3 is 0 Å². The monoisotopic (exact) mass is 577 g/mol. The molecule has 6 nitrogen and oxygen atoms in total.